The Hall–Kier alpha value is -2.53. The maximum atomic E-state index is 12.1. The van der Waals surface area contributed by atoms with Crippen molar-refractivity contribution in [3.8, 4) is 0 Å². The first kappa shape index (κ1) is 13.5. The molecule has 0 unspecified atom stereocenters. The van der Waals surface area contributed by atoms with Crippen molar-refractivity contribution in [2.45, 2.75) is 32.2 Å². The normalized spacial score (nSPS) is 14.0. The van der Waals surface area contributed by atoms with Crippen LogP contribution in [0.25, 0.3) is 16.1 Å². The van der Waals surface area contributed by atoms with Crippen LogP contribution in [0.1, 0.15) is 47.3 Å². The third-order valence-corrected chi connectivity index (χ3v) is 3.46. The number of hydrogen-bond acceptors (Lipinski definition) is 4. The summed E-state index contributed by atoms with van der Waals surface area (Å²) in [4.78, 5) is 19.2. The first-order valence-electron chi connectivity index (χ1n) is 6.92. The van der Waals surface area contributed by atoms with Crippen molar-refractivity contribution >= 4 is 11.6 Å². The highest BCUT2D eigenvalue weighted by Crippen LogP contribution is 2.40. The lowest BCUT2D eigenvalue weighted by Crippen LogP contribution is -2.08. The molecule has 0 atom stereocenters. The van der Waals surface area contributed by atoms with Gasteiger partial charge in [0.05, 0.1) is 18.8 Å². The lowest BCUT2D eigenvalue weighted by atomic mass is 10.1. The van der Waals surface area contributed by atoms with Crippen LogP contribution >= 0.6 is 0 Å². The molecule has 0 N–H and O–H groups in total. The van der Waals surface area contributed by atoms with Crippen LogP contribution in [0.3, 0.4) is 0 Å². The average molecular weight is 285 g/mol. The fraction of sp³-hybridized carbons (Fsp3) is 0.429. The van der Waals surface area contributed by atoms with E-state index in [9.17, 15) is 4.79 Å². The van der Waals surface area contributed by atoms with Gasteiger partial charge in [0.15, 0.2) is 5.65 Å². The highest BCUT2D eigenvalue weighted by Gasteiger charge is 2.26. The number of fused-ring (bicyclic) bond motifs is 1. The summed E-state index contributed by atoms with van der Waals surface area (Å²) in [5.74, 6) is 0.150. The summed E-state index contributed by atoms with van der Waals surface area (Å²) in [5.41, 5.74) is 11.2. The molecule has 3 rings (SSSR count). The molecule has 0 saturated heterocycles. The summed E-state index contributed by atoms with van der Waals surface area (Å²) in [7, 11) is 0. The van der Waals surface area contributed by atoms with Gasteiger partial charge in [-0.15, -0.1) is 0 Å². The topological polar surface area (TPSA) is 92.4 Å². The van der Waals surface area contributed by atoms with Gasteiger partial charge in [-0.1, -0.05) is 5.11 Å². The van der Waals surface area contributed by atoms with E-state index in [4.69, 9.17) is 10.3 Å². The number of azide groups is 1. The molecule has 1 saturated carbocycles. The number of carbonyl (C=O) groups is 1. The minimum Gasteiger partial charge on any atom is -0.462 e. The van der Waals surface area contributed by atoms with Crippen LogP contribution in [0.15, 0.2) is 23.6 Å². The van der Waals surface area contributed by atoms with E-state index in [1.165, 1.54) is 0 Å². The lowest BCUT2D eigenvalue weighted by molar-refractivity contribution is 0.0528. The summed E-state index contributed by atoms with van der Waals surface area (Å²) in [6, 6.07) is 1.87. The lowest BCUT2D eigenvalue weighted by Gasteiger charge is -2.06. The van der Waals surface area contributed by atoms with Gasteiger partial charge in [-0.25, -0.2) is 9.78 Å². The molecular formula is C14H15N5O2. The van der Waals surface area contributed by atoms with E-state index in [1.807, 2.05) is 16.7 Å². The highest BCUT2D eigenvalue weighted by atomic mass is 16.5. The number of rotatable bonds is 5. The molecule has 2 aromatic rings. The molecule has 0 amide bonds. The third-order valence-electron chi connectivity index (χ3n) is 3.46. The van der Waals surface area contributed by atoms with Gasteiger partial charge in [0.25, 0.3) is 0 Å². The molecule has 0 bridgehead atoms. The fourth-order valence-electron chi connectivity index (χ4n) is 2.35. The molecule has 108 valence electrons. The van der Waals surface area contributed by atoms with E-state index in [2.05, 4.69) is 15.0 Å². The van der Waals surface area contributed by atoms with Crippen molar-refractivity contribution in [3.63, 3.8) is 0 Å². The zero-order chi connectivity index (χ0) is 14.8. The predicted molar refractivity (Wildman–Crippen MR) is 76.0 cm³/mol. The van der Waals surface area contributed by atoms with Gasteiger partial charge >= 0.3 is 5.97 Å². The number of nitrogens with zero attached hydrogens (tertiary/aromatic N) is 5. The van der Waals surface area contributed by atoms with Crippen LogP contribution in [0.4, 0.5) is 0 Å². The molecule has 21 heavy (non-hydrogen) atoms. The highest BCUT2D eigenvalue weighted by molar-refractivity contribution is 5.96. The number of ether oxygens (including phenoxy) is 1. The molecule has 1 aliphatic carbocycles. The van der Waals surface area contributed by atoms with Crippen LogP contribution in [0, 0.1) is 0 Å². The predicted octanol–water partition coefficient (Wildman–Crippen LogP) is 3.20. The van der Waals surface area contributed by atoms with E-state index >= 15 is 0 Å². The Morgan fingerprint density at radius 3 is 3.05 bits per heavy atom. The second-order valence-corrected chi connectivity index (χ2v) is 5.03. The largest absolute Gasteiger partial charge is 0.462 e. The molecule has 1 aliphatic rings. The smallest absolute Gasteiger partial charge is 0.341 e. The summed E-state index contributed by atoms with van der Waals surface area (Å²) in [6.07, 6.45) is 6.07. The first-order chi connectivity index (χ1) is 10.2. The zero-order valence-corrected chi connectivity index (χ0v) is 11.7. The molecule has 2 heterocycles. The average Bonchev–Trinajstić information content (AvgIpc) is 3.24. The number of aromatic nitrogens is 2. The van der Waals surface area contributed by atoms with Crippen molar-refractivity contribution in [2.75, 3.05) is 6.61 Å². The van der Waals surface area contributed by atoms with E-state index in [0.717, 1.165) is 18.4 Å². The van der Waals surface area contributed by atoms with E-state index in [-0.39, 0.29) is 12.5 Å². The molecule has 1 fully saturated rings. The molecule has 7 heteroatoms. The van der Waals surface area contributed by atoms with Crippen molar-refractivity contribution in [2.24, 2.45) is 5.11 Å². The van der Waals surface area contributed by atoms with E-state index in [0.29, 0.717) is 29.4 Å². The number of esters is 1. The standard InChI is InChI=1S/C14H15N5O2/c1-2-21-14(20)12-5-10(9-3-4-9)7-19-8-11(6-16-18-15)17-13(12)19/h5,7-9H,2-4,6H2,1H3. The van der Waals surface area contributed by atoms with Gasteiger partial charge in [-0.2, -0.15) is 0 Å². The number of imidazole rings is 1. The summed E-state index contributed by atoms with van der Waals surface area (Å²) >= 11 is 0. The van der Waals surface area contributed by atoms with Gasteiger partial charge in [0, 0.05) is 17.3 Å². The molecule has 0 spiro atoms. The summed E-state index contributed by atoms with van der Waals surface area (Å²) < 4.78 is 6.93. The molecule has 2 aromatic heterocycles. The van der Waals surface area contributed by atoms with Gasteiger partial charge in [0.1, 0.15) is 5.56 Å². The van der Waals surface area contributed by atoms with Crippen LogP contribution in [0.5, 0.6) is 0 Å². The molecule has 7 nitrogen and oxygen atoms in total. The Morgan fingerprint density at radius 2 is 2.38 bits per heavy atom. The summed E-state index contributed by atoms with van der Waals surface area (Å²) in [6.45, 7) is 2.27. The van der Waals surface area contributed by atoms with Crippen LogP contribution < -0.4 is 0 Å². The molecular weight excluding hydrogens is 270 g/mol. The van der Waals surface area contributed by atoms with Gasteiger partial charge in [0.2, 0.25) is 0 Å². The second kappa shape index (κ2) is 5.46. The SMILES string of the molecule is CCOC(=O)c1cc(C2CC2)cn2cc(CN=[N+]=[N-])nc12. The summed E-state index contributed by atoms with van der Waals surface area (Å²) in [5, 5.41) is 3.51. The van der Waals surface area contributed by atoms with Crippen molar-refractivity contribution < 1.29 is 9.53 Å². The molecule has 0 aliphatic heterocycles. The number of carbonyl (C=O) groups excluding carboxylic acids is 1. The maximum Gasteiger partial charge on any atom is 0.341 e. The zero-order valence-electron chi connectivity index (χ0n) is 11.7. The van der Waals surface area contributed by atoms with Crippen LogP contribution in [-0.2, 0) is 11.3 Å². The first-order valence-corrected chi connectivity index (χ1v) is 6.92. The monoisotopic (exact) mass is 285 g/mol. The third kappa shape index (κ3) is 2.68. The second-order valence-electron chi connectivity index (χ2n) is 5.03. The Morgan fingerprint density at radius 1 is 1.57 bits per heavy atom. The fourth-order valence-corrected chi connectivity index (χ4v) is 2.35. The van der Waals surface area contributed by atoms with E-state index in [1.54, 1.807) is 13.1 Å². The van der Waals surface area contributed by atoms with Gasteiger partial charge < -0.3 is 9.14 Å². The van der Waals surface area contributed by atoms with Crippen LogP contribution in [0.2, 0.25) is 0 Å². The van der Waals surface area contributed by atoms with Crippen LogP contribution in [-0.4, -0.2) is 22.0 Å². The van der Waals surface area contributed by atoms with Gasteiger partial charge in [-0.05, 0) is 42.8 Å². The minimum absolute atomic E-state index is 0.166. The quantitative estimate of drug-likeness (QED) is 0.365. The Kier molecular flexibility index (Phi) is 3.50. The Bertz CT molecular complexity index is 741. The Labute approximate surface area is 121 Å². The van der Waals surface area contributed by atoms with Gasteiger partial charge in [-0.3, -0.25) is 0 Å². The Balaban J connectivity index is 2.09. The van der Waals surface area contributed by atoms with Crippen molar-refractivity contribution in [1.29, 1.82) is 0 Å². The molecule has 0 aromatic carbocycles. The van der Waals surface area contributed by atoms with Crippen molar-refractivity contribution in [1.82, 2.24) is 9.38 Å². The number of hydrogen-bond donors (Lipinski definition) is 0. The molecule has 0 radical (unpaired) electrons. The van der Waals surface area contributed by atoms with Crippen molar-refractivity contribution in [3.05, 3.63) is 45.7 Å². The minimum atomic E-state index is -0.370. The number of pyridine rings is 1. The van der Waals surface area contributed by atoms with E-state index < -0.39 is 0 Å². The maximum absolute atomic E-state index is 12.1.